The zero-order valence-corrected chi connectivity index (χ0v) is 19.9. The largest absolute Gasteiger partial charge is 0.465 e. The summed E-state index contributed by atoms with van der Waals surface area (Å²) in [6, 6.07) is 21.9. The van der Waals surface area contributed by atoms with Crippen LogP contribution in [0.1, 0.15) is 49.8 Å². The van der Waals surface area contributed by atoms with Gasteiger partial charge in [0.2, 0.25) is 0 Å². The van der Waals surface area contributed by atoms with Gasteiger partial charge in [0.05, 0.1) is 35.6 Å². The second-order valence-electron chi connectivity index (χ2n) is 8.61. The van der Waals surface area contributed by atoms with Crippen LogP contribution in [0.4, 0.5) is 0 Å². The summed E-state index contributed by atoms with van der Waals surface area (Å²) in [5.41, 5.74) is 5.60. The maximum Gasteiger partial charge on any atom is 0.305 e. The van der Waals surface area contributed by atoms with Crippen molar-refractivity contribution in [3.63, 3.8) is 0 Å². The monoisotopic (exact) mass is 466 g/mol. The first kappa shape index (κ1) is 24.2. The van der Waals surface area contributed by atoms with Gasteiger partial charge < -0.3 is 9.30 Å². The van der Waals surface area contributed by atoms with Crippen molar-refractivity contribution in [2.45, 2.75) is 51.5 Å². The van der Waals surface area contributed by atoms with Crippen LogP contribution >= 0.6 is 0 Å². The third-order valence-corrected chi connectivity index (χ3v) is 6.11. The molecule has 4 aromatic rings. The zero-order chi connectivity index (χ0) is 24.3. The van der Waals surface area contributed by atoms with Gasteiger partial charge in [-0.3, -0.25) is 9.78 Å². The fraction of sp³-hybridized carbons (Fsp3) is 0.310. The van der Waals surface area contributed by atoms with E-state index in [1.54, 1.807) is 6.20 Å². The lowest BCUT2D eigenvalue weighted by Crippen LogP contribution is -2.08. The van der Waals surface area contributed by atoms with Crippen LogP contribution in [0, 0.1) is 11.3 Å². The number of unbranched alkanes of at least 4 members (excludes halogenated alkanes) is 4. The molecule has 0 saturated carbocycles. The lowest BCUT2D eigenvalue weighted by atomic mass is 10.00. The molecule has 0 saturated heterocycles. The number of rotatable bonds is 12. The molecule has 2 heterocycles. The number of hydrogen-bond acceptors (Lipinski definition) is 5. The number of nitrogens with zero attached hydrogens (tertiary/aromatic N) is 4. The summed E-state index contributed by atoms with van der Waals surface area (Å²) in [6.45, 7) is 1.31. The van der Waals surface area contributed by atoms with Crippen molar-refractivity contribution in [3.8, 4) is 17.2 Å². The fourth-order valence-corrected chi connectivity index (χ4v) is 4.21. The van der Waals surface area contributed by atoms with Crippen molar-refractivity contribution < 1.29 is 9.53 Å². The third-order valence-electron chi connectivity index (χ3n) is 6.11. The highest BCUT2D eigenvalue weighted by Crippen LogP contribution is 2.26. The van der Waals surface area contributed by atoms with E-state index in [4.69, 9.17) is 4.74 Å². The summed E-state index contributed by atoms with van der Waals surface area (Å²) < 4.78 is 7.50. The number of aryl methyl sites for hydroxylation is 1. The van der Waals surface area contributed by atoms with Crippen LogP contribution in [-0.2, 0) is 22.5 Å². The van der Waals surface area contributed by atoms with Gasteiger partial charge >= 0.3 is 5.97 Å². The van der Waals surface area contributed by atoms with Crippen LogP contribution in [0.5, 0.6) is 0 Å². The molecule has 0 aliphatic heterocycles. The molecule has 178 valence electrons. The molecule has 2 aromatic heterocycles. The molecule has 0 fully saturated rings. The minimum Gasteiger partial charge on any atom is -0.465 e. The molecule has 0 aliphatic carbocycles. The first-order valence-corrected chi connectivity index (χ1v) is 12.2. The van der Waals surface area contributed by atoms with E-state index in [9.17, 15) is 10.1 Å². The highest BCUT2D eigenvalue weighted by Gasteiger charge is 2.08. The van der Waals surface area contributed by atoms with Gasteiger partial charge in [0.15, 0.2) is 0 Å². The first-order chi connectivity index (χ1) is 17.2. The van der Waals surface area contributed by atoms with E-state index in [-0.39, 0.29) is 5.97 Å². The lowest BCUT2D eigenvalue weighted by molar-refractivity contribution is -0.143. The summed E-state index contributed by atoms with van der Waals surface area (Å²) in [6.07, 6.45) is 9.95. The maximum atomic E-state index is 11.9. The SMILES string of the molecule is N#Cc1ccccc1-c1ccc2c(c1)ncn2CCCCCCCC(=O)OCCc1ccccn1. The molecule has 0 unspecified atom stereocenters. The predicted octanol–water partition coefficient (Wildman–Crippen LogP) is 6.10. The summed E-state index contributed by atoms with van der Waals surface area (Å²) in [5.74, 6) is -0.123. The van der Waals surface area contributed by atoms with Gasteiger partial charge in [-0.2, -0.15) is 5.26 Å². The molecule has 0 N–H and O–H groups in total. The summed E-state index contributed by atoms with van der Waals surface area (Å²) >= 11 is 0. The van der Waals surface area contributed by atoms with Crippen molar-refractivity contribution in [2.24, 2.45) is 0 Å². The molecular formula is C29H30N4O2. The maximum absolute atomic E-state index is 11.9. The summed E-state index contributed by atoms with van der Waals surface area (Å²) in [7, 11) is 0. The van der Waals surface area contributed by atoms with Gasteiger partial charge in [-0.05, 0) is 54.3 Å². The van der Waals surface area contributed by atoms with Gasteiger partial charge in [-0.1, -0.05) is 49.6 Å². The number of imidazole rings is 1. The number of hydrogen-bond donors (Lipinski definition) is 0. The van der Waals surface area contributed by atoms with Gasteiger partial charge in [0.25, 0.3) is 0 Å². The fourth-order valence-electron chi connectivity index (χ4n) is 4.21. The molecule has 0 atom stereocenters. The number of ether oxygens (including phenoxy) is 1. The van der Waals surface area contributed by atoms with E-state index in [2.05, 4.69) is 38.8 Å². The number of aromatic nitrogens is 3. The Kier molecular flexibility index (Phi) is 8.61. The number of carbonyl (C=O) groups is 1. The van der Waals surface area contributed by atoms with Crippen LogP contribution in [0.15, 0.2) is 73.2 Å². The minimum absolute atomic E-state index is 0.123. The van der Waals surface area contributed by atoms with Crippen LogP contribution in [0.2, 0.25) is 0 Å². The Labute approximate surface area is 206 Å². The van der Waals surface area contributed by atoms with Crippen molar-refractivity contribution >= 4 is 17.0 Å². The highest BCUT2D eigenvalue weighted by molar-refractivity contribution is 5.83. The number of carbonyl (C=O) groups excluding carboxylic acids is 1. The highest BCUT2D eigenvalue weighted by atomic mass is 16.5. The average molecular weight is 467 g/mol. The Morgan fingerprint density at radius 2 is 1.77 bits per heavy atom. The van der Waals surface area contributed by atoms with Crippen LogP contribution in [0.3, 0.4) is 0 Å². The Balaban J connectivity index is 1.14. The van der Waals surface area contributed by atoms with E-state index in [1.165, 1.54) is 0 Å². The van der Waals surface area contributed by atoms with Gasteiger partial charge in [-0.15, -0.1) is 0 Å². The molecule has 0 spiro atoms. The van der Waals surface area contributed by atoms with Crippen molar-refractivity contribution in [1.82, 2.24) is 14.5 Å². The van der Waals surface area contributed by atoms with Gasteiger partial charge in [0, 0.05) is 31.3 Å². The topological polar surface area (TPSA) is 80.8 Å². The quantitative estimate of drug-likeness (QED) is 0.186. The summed E-state index contributed by atoms with van der Waals surface area (Å²) in [5, 5.41) is 9.38. The normalized spacial score (nSPS) is 10.8. The molecule has 2 aromatic carbocycles. The molecule has 6 heteroatoms. The minimum atomic E-state index is -0.123. The van der Waals surface area contributed by atoms with E-state index in [0.29, 0.717) is 25.0 Å². The Morgan fingerprint density at radius 1 is 0.943 bits per heavy atom. The van der Waals surface area contributed by atoms with Gasteiger partial charge in [-0.25, -0.2) is 4.98 Å². The standard InChI is InChI=1S/C29H30N4O2/c30-21-24-10-5-6-12-26(24)23-14-15-28-27(20-23)32-22-33(28)18-9-3-1-2-4-13-29(34)35-19-16-25-11-7-8-17-31-25/h5-8,10-12,14-15,17,20,22H,1-4,9,13,16,18-19H2. The second-order valence-corrected chi connectivity index (χ2v) is 8.61. The zero-order valence-electron chi connectivity index (χ0n) is 19.9. The first-order valence-electron chi connectivity index (χ1n) is 12.2. The predicted molar refractivity (Wildman–Crippen MR) is 136 cm³/mol. The Bertz CT molecular complexity index is 1290. The van der Waals surface area contributed by atoms with E-state index in [1.807, 2.05) is 48.8 Å². The summed E-state index contributed by atoms with van der Waals surface area (Å²) in [4.78, 5) is 20.7. The van der Waals surface area contributed by atoms with E-state index >= 15 is 0 Å². The lowest BCUT2D eigenvalue weighted by Gasteiger charge is -2.07. The van der Waals surface area contributed by atoms with E-state index < -0.39 is 0 Å². The number of fused-ring (bicyclic) bond motifs is 1. The molecule has 0 bridgehead atoms. The van der Waals surface area contributed by atoms with Crippen LogP contribution < -0.4 is 0 Å². The Hall–Kier alpha value is -3.98. The van der Waals surface area contributed by atoms with Crippen molar-refractivity contribution in [3.05, 3.63) is 84.4 Å². The van der Waals surface area contributed by atoms with Crippen molar-refractivity contribution in [1.29, 1.82) is 5.26 Å². The molecule has 0 radical (unpaired) electrons. The number of nitriles is 1. The molecule has 35 heavy (non-hydrogen) atoms. The number of pyridine rings is 1. The van der Waals surface area contributed by atoms with Gasteiger partial charge in [0.1, 0.15) is 0 Å². The molecular weight excluding hydrogens is 436 g/mol. The molecule has 0 amide bonds. The molecule has 6 nitrogen and oxygen atoms in total. The van der Waals surface area contributed by atoms with Crippen molar-refractivity contribution in [2.75, 3.05) is 6.61 Å². The van der Waals surface area contributed by atoms with Crippen LogP contribution in [0.25, 0.3) is 22.2 Å². The van der Waals surface area contributed by atoms with Crippen LogP contribution in [-0.4, -0.2) is 27.1 Å². The van der Waals surface area contributed by atoms with E-state index in [0.717, 1.165) is 66.5 Å². The smallest absolute Gasteiger partial charge is 0.305 e. The number of benzene rings is 2. The second kappa shape index (κ2) is 12.5. The molecule has 0 aliphatic rings. The number of esters is 1. The molecule has 4 rings (SSSR count). The Morgan fingerprint density at radius 3 is 2.63 bits per heavy atom. The average Bonchev–Trinajstić information content (AvgIpc) is 3.31. The third kappa shape index (κ3) is 6.77.